The molecule has 1 aliphatic carbocycles. The molecule has 1 amide bonds. The quantitative estimate of drug-likeness (QED) is 0.736. The van der Waals surface area contributed by atoms with Crippen molar-refractivity contribution in [2.75, 3.05) is 0 Å². The zero-order chi connectivity index (χ0) is 18.1. The van der Waals surface area contributed by atoms with E-state index in [-0.39, 0.29) is 23.5 Å². The zero-order valence-electron chi connectivity index (χ0n) is 14.0. The van der Waals surface area contributed by atoms with Crippen LogP contribution in [0.4, 0.5) is 4.39 Å². The summed E-state index contributed by atoms with van der Waals surface area (Å²) in [5.74, 6) is -0.340. The number of nitrogens with zero attached hydrogens (tertiary/aromatic N) is 2. The first kappa shape index (κ1) is 16.3. The van der Waals surface area contributed by atoms with Gasteiger partial charge in [0.2, 0.25) is 0 Å². The predicted molar refractivity (Wildman–Crippen MR) is 95.0 cm³/mol. The van der Waals surface area contributed by atoms with Crippen LogP contribution in [0.5, 0.6) is 5.75 Å². The lowest BCUT2D eigenvalue weighted by atomic mass is 10.1. The molecule has 0 aliphatic heterocycles. The van der Waals surface area contributed by atoms with Crippen molar-refractivity contribution < 1.29 is 14.3 Å². The van der Waals surface area contributed by atoms with Gasteiger partial charge in [-0.3, -0.25) is 9.89 Å². The van der Waals surface area contributed by atoms with E-state index in [1.165, 1.54) is 18.3 Å². The van der Waals surface area contributed by atoms with Gasteiger partial charge in [-0.15, -0.1) is 0 Å². The molecule has 1 heterocycles. The first-order chi connectivity index (χ1) is 12.6. The second kappa shape index (κ2) is 6.63. The van der Waals surface area contributed by atoms with Crippen molar-refractivity contribution in [2.24, 2.45) is 0 Å². The smallest absolute Gasteiger partial charge is 0.258 e. The summed E-state index contributed by atoms with van der Waals surface area (Å²) in [6.45, 7) is 0.408. The van der Waals surface area contributed by atoms with Crippen LogP contribution in [0.2, 0.25) is 0 Å². The number of nitrogens with one attached hydrogen (secondary N) is 1. The fraction of sp³-hybridized carbons (Fsp3) is 0.200. The van der Waals surface area contributed by atoms with E-state index >= 15 is 0 Å². The number of aromatic hydroxyl groups is 1. The molecule has 1 saturated carbocycles. The van der Waals surface area contributed by atoms with Crippen LogP contribution in [0.3, 0.4) is 0 Å². The summed E-state index contributed by atoms with van der Waals surface area (Å²) in [7, 11) is 0. The fourth-order valence-electron chi connectivity index (χ4n) is 3.07. The van der Waals surface area contributed by atoms with Crippen molar-refractivity contribution in [3.05, 3.63) is 71.7 Å². The average molecular weight is 351 g/mol. The number of aromatic amines is 1. The van der Waals surface area contributed by atoms with Gasteiger partial charge in [0.05, 0.1) is 17.5 Å². The van der Waals surface area contributed by atoms with Gasteiger partial charge in [0.15, 0.2) is 0 Å². The van der Waals surface area contributed by atoms with Gasteiger partial charge in [-0.2, -0.15) is 5.10 Å². The molecule has 0 bridgehead atoms. The SMILES string of the molecule is O=C(c1cn[nH]c1-c1cccc(F)c1)N(Cc1cccc(O)c1)C1CC1. The average Bonchev–Trinajstić information content (AvgIpc) is 3.34. The molecule has 1 aliphatic rings. The normalized spacial score (nSPS) is 13.6. The number of carbonyl (C=O) groups is 1. The van der Waals surface area contributed by atoms with Crippen LogP contribution in [-0.2, 0) is 6.54 Å². The summed E-state index contributed by atoms with van der Waals surface area (Å²) in [4.78, 5) is 15.0. The van der Waals surface area contributed by atoms with Crippen LogP contribution >= 0.6 is 0 Å². The molecule has 26 heavy (non-hydrogen) atoms. The van der Waals surface area contributed by atoms with E-state index in [4.69, 9.17) is 0 Å². The molecule has 0 radical (unpaired) electrons. The summed E-state index contributed by atoms with van der Waals surface area (Å²) in [6.07, 6.45) is 3.40. The Morgan fingerprint density at radius 2 is 2.04 bits per heavy atom. The van der Waals surface area contributed by atoms with E-state index in [0.717, 1.165) is 18.4 Å². The van der Waals surface area contributed by atoms with Crippen molar-refractivity contribution in [2.45, 2.75) is 25.4 Å². The number of amides is 1. The summed E-state index contributed by atoms with van der Waals surface area (Å²) < 4.78 is 13.6. The fourth-order valence-corrected chi connectivity index (χ4v) is 3.07. The number of halogens is 1. The van der Waals surface area contributed by atoms with E-state index in [2.05, 4.69) is 10.2 Å². The molecule has 5 nitrogen and oxygen atoms in total. The number of hydrogen-bond donors (Lipinski definition) is 2. The number of rotatable bonds is 5. The number of benzene rings is 2. The number of carbonyl (C=O) groups excluding carboxylic acids is 1. The van der Waals surface area contributed by atoms with Crippen LogP contribution in [0, 0.1) is 5.82 Å². The maximum Gasteiger partial charge on any atom is 0.258 e. The third-order valence-corrected chi connectivity index (χ3v) is 4.50. The Hall–Kier alpha value is -3.15. The van der Waals surface area contributed by atoms with Crippen LogP contribution < -0.4 is 0 Å². The molecule has 2 aromatic carbocycles. The maximum atomic E-state index is 13.6. The zero-order valence-corrected chi connectivity index (χ0v) is 14.0. The van der Waals surface area contributed by atoms with E-state index in [9.17, 15) is 14.3 Å². The Kier molecular flexibility index (Phi) is 4.16. The van der Waals surface area contributed by atoms with E-state index < -0.39 is 0 Å². The molecule has 0 saturated heterocycles. The topological polar surface area (TPSA) is 69.2 Å². The van der Waals surface area contributed by atoms with Crippen molar-refractivity contribution in [3.8, 4) is 17.0 Å². The molecular formula is C20H18FN3O2. The van der Waals surface area contributed by atoms with Gasteiger partial charge in [-0.05, 0) is 42.7 Å². The first-order valence-corrected chi connectivity index (χ1v) is 8.50. The van der Waals surface area contributed by atoms with Crippen LogP contribution in [0.25, 0.3) is 11.3 Å². The predicted octanol–water partition coefficient (Wildman–Crippen LogP) is 3.73. The van der Waals surface area contributed by atoms with E-state index in [0.29, 0.717) is 23.4 Å². The summed E-state index contributed by atoms with van der Waals surface area (Å²) in [5.41, 5.74) is 2.37. The van der Waals surface area contributed by atoms with Gasteiger partial charge < -0.3 is 10.0 Å². The highest BCUT2D eigenvalue weighted by atomic mass is 19.1. The highest BCUT2D eigenvalue weighted by molar-refractivity contribution is 6.00. The number of phenols is 1. The molecule has 0 spiro atoms. The molecule has 4 rings (SSSR count). The Balaban J connectivity index is 1.64. The summed E-state index contributed by atoms with van der Waals surface area (Å²) in [6, 6.07) is 13.2. The minimum absolute atomic E-state index is 0.149. The van der Waals surface area contributed by atoms with Gasteiger partial charge in [0, 0.05) is 18.2 Å². The Morgan fingerprint density at radius 3 is 2.77 bits per heavy atom. The molecule has 3 aromatic rings. The minimum Gasteiger partial charge on any atom is -0.508 e. The van der Waals surface area contributed by atoms with Gasteiger partial charge in [0.1, 0.15) is 11.6 Å². The van der Waals surface area contributed by atoms with E-state index in [1.54, 1.807) is 35.2 Å². The van der Waals surface area contributed by atoms with Gasteiger partial charge in [-0.1, -0.05) is 24.3 Å². The summed E-state index contributed by atoms with van der Waals surface area (Å²) in [5, 5.41) is 16.5. The second-order valence-corrected chi connectivity index (χ2v) is 6.50. The third kappa shape index (κ3) is 3.31. The Bertz CT molecular complexity index is 949. The van der Waals surface area contributed by atoms with Crippen molar-refractivity contribution in [1.82, 2.24) is 15.1 Å². The number of H-pyrrole nitrogens is 1. The molecule has 1 fully saturated rings. The molecular weight excluding hydrogens is 333 g/mol. The second-order valence-electron chi connectivity index (χ2n) is 6.50. The Labute approximate surface area is 150 Å². The minimum atomic E-state index is -0.366. The van der Waals surface area contributed by atoms with Gasteiger partial charge in [0.25, 0.3) is 5.91 Å². The summed E-state index contributed by atoms with van der Waals surface area (Å²) >= 11 is 0. The molecule has 0 atom stereocenters. The van der Waals surface area contributed by atoms with Crippen molar-refractivity contribution in [1.29, 1.82) is 0 Å². The van der Waals surface area contributed by atoms with Crippen LogP contribution in [0.1, 0.15) is 28.8 Å². The molecule has 6 heteroatoms. The maximum absolute atomic E-state index is 13.6. The monoisotopic (exact) mass is 351 g/mol. The van der Waals surface area contributed by atoms with Crippen molar-refractivity contribution in [3.63, 3.8) is 0 Å². The molecule has 0 unspecified atom stereocenters. The van der Waals surface area contributed by atoms with Gasteiger partial charge >= 0.3 is 0 Å². The largest absolute Gasteiger partial charge is 0.508 e. The van der Waals surface area contributed by atoms with E-state index in [1.807, 2.05) is 6.07 Å². The first-order valence-electron chi connectivity index (χ1n) is 8.50. The Morgan fingerprint density at radius 1 is 1.23 bits per heavy atom. The number of phenolic OH excluding ortho intramolecular Hbond substituents is 1. The van der Waals surface area contributed by atoms with Gasteiger partial charge in [-0.25, -0.2) is 4.39 Å². The number of hydrogen-bond acceptors (Lipinski definition) is 3. The lowest BCUT2D eigenvalue weighted by molar-refractivity contribution is 0.0730. The molecule has 1 aromatic heterocycles. The highest BCUT2D eigenvalue weighted by Crippen LogP contribution is 2.32. The third-order valence-electron chi connectivity index (χ3n) is 4.50. The standard InChI is InChI=1S/C20H18FN3O2/c21-15-5-2-4-14(10-15)19-18(11-22-23-19)20(26)24(16-7-8-16)12-13-3-1-6-17(25)9-13/h1-6,9-11,16,25H,7-8,12H2,(H,22,23). The lowest BCUT2D eigenvalue weighted by Crippen LogP contribution is -2.32. The number of aromatic nitrogens is 2. The van der Waals surface area contributed by atoms with Crippen LogP contribution in [-0.4, -0.2) is 32.2 Å². The highest BCUT2D eigenvalue weighted by Gasteiger charge is 2.34. The van der Waals surface area contributed by atoms with Crippen molar-refractivity contribution >= 4 is 5.91 Å². The van der Waals surface area contributed by atoms with Crippen LogP contribution in [0.15, 0.2) is 54.7 Å². The lowest BCUT2D eigenvalue weighted by Gasteiger charge is -2.22. The molecule has 132 valence electrons. The molecule has 2 N–H and O–H groups in total.